The number of rotatable bonds is 4. The summed E-state index contributed by atoms with van der Waals surface area (Å²) in [5.41, 5.74) is 0.334. The standard InChI is InChI=1S/C13H14FNO3/c1-3-4-8(2)12(16)15-9-5-6-10(13(17)18)11(14)7-9/h4-7H,3H2,1-2H3,(H,15,16)(H,17,18)/b8-4-. The molecular formula is C13H14FNO3. The SMILES string of the molecule is CC/C=C(/C)C(=O)Nc1ccc(C(=O)O)c(F)c1. The van der Waals surface area contributed by atoms with Gasteiger partial charge in [-0.1, -0.05) is 13.0 Å². The fraction of sp³-hybridized carbons (Fsp3) is 0.231. The number of allylic oxidation sites excluding steroid dienone is 1. The second-order valence-electron chi connectivity index (χ2n) is 3.75. The molecule has 0 aromatic heterocycles. The summed E-state index contributed by atoms with van der Waals surface area (Å²) in [6, 6.07) is 3.45. The van der Waals surface area contributed by atoms with E-state index >= 15 is 0 Å². The largest absolute Gasteiger partial charge is 0.478 e. The molecule has 1 amide bonds. The number of carbonyl (C=O) groups excluding carboxylic acids is 1. The van der Waals surface area contributed by atoms with E-state index in [2.05, 4.69) is 5.32 Å². The first-order valence-electron chi connectivity index (χ1n) is 5.46. The summed E-state index contributed by atoms with van der Waals surface area (Å²) in [5.74, 6) is -2.55. The number of hydrogen-bond acceptors (Lipinski definition) is 2. The zero-order chi connectivity index (χ0) is 13.7. The molecule has 0 radical (unpaired) electrons. The van der Waals surface area contributed by atoms with E-state index in [1.54, 1.807) is 13.0 Å². The lowest BCUT2D eigenvalue weighted by molar-refractivity contribution is -0.112. The molecule has 0 atom stereocenters. The third-order valence-corrected chi connectivity index (χ3v) is 2.33. The van der Waals surface area contributed by atoms with Gasteiger partial charge in [-0.15, -0.1) is 0 Å². The summed E-state index contributed by atoms with van der Waals surface area (Å²) in [6.45, 7) is 3.55. The van der Waals surface area contributed by atoms with Gasteiger partial charge < -0.3 is 10.4 Å². The van der Waals surface area contributed by atoms with E-state index in [0.29, 0.717) is 5.57 Å². The summed E-state index contributed by atoms with van der Waals surface area (Å²) in [5, 5.41) is 11.2. The molecule has 0 bridgehead atoms. The fourth-order valence-electron chi connectivity index (χ4n) is 1.39. The summed E-state index contributed by atoms with van der Waals surface area (Å²) in [4.78, 5) is 22.2. The van der Waals surface area contributed by atoms with E-state index in [1.165, 1.54) is 6.07 Å². The van der Waals surface area contributed by atoms with E-state index in [9.17, 15) is 14.0 Å². The highest BCUT2D eigenvalue weighted by Crippen LogP contribution is 2.15. The van der Waals surface area contributed by atoms with Crippen molar-refractivity contribution in [2.24, 2.45) is 0 Å². The van der Waals surface area contributed by atoms with E-state index < -0.39 is 17.3 Å². The van der Waals surface area contributed by atoms with Crippen molar-refractivity contribution in [3.8, 4) is 0 Å². The molecule has 96 valence electrons. The summed E-state index contributed by atoms with van der Waals surface area (Å²) < 4.78 is 13.4. The number of amides is 1. The number of carboxylic acid groups (broad SMARTS) is 1. The van der Waals surface area contributed by atoms with Crippen molar-refractivity contribution in [1.29, 1.82) is 0 Å². The highest BCUT2D eigenvalue weighted by Gasteiger charge is 2.11. The van der Waals surface area contributed by atoms with E-state index in [-0.39, 0.29) is 11.6 Å². The van der Waals surface area contributed by atoms with Crippen LogP contribution in [0.2, 0.25) is 0 Å². The molecular weight excluding hydrogens is 237 g/mol. The molecule has 0 aliphatic rings. The molecule has 0 aliphatic heterocycles. The monoisotopic (exact) mass is 251 g/mol. The van der Waals surface area contributed by atoms with Gasteiger partial charge in [0.2, 0.25) is 0 Å². The summed E-state index contributed by atoms with van der Waals surface area (Å²) in [6.07, 6.45) is 2.48. The maximum atomic E-state index is 13.4. The third kappa shape index (κ3) is 3.41. The predicted molar refractivity (Wildman–Crippen MR) is 66.0 cm³/mol. The molecule has 0 spiro atoms. The van der Waals surface area contributed by atoms with Gasteiger partial charge in [-0.2, -0.15) is 0 Å². The fourth-order valence-corrected chi connectivity index (χ4v) is 1.39. The highest BCUT2D eigenvalue weighted by molar-refractivity contribution is 6.03. The average Bonchev–Trinajstić information content (AvgIpc) is 2.28. The highest BCUT2D eigenvalue weighted by atomic mass is 19.1. The first kappa shape index (κ1) is 13.9. The zero-order valence-electron chi connectivity index (χ0n) is 10.2. The van der Waals surface area contributed by atoms with Gasteiger partial charge in [0, 0.05) is 11.3 Å². The van der Waals surface area contributed by atoms with Crippen molar-refractivity contribution >= 4 is 17.6 Å². The molecule has 18 heavy (non-hydrogen) atoms. The van der Waals surface area contributed by atoms with Crippen LogP contribution in [0.15, 0.2) is 29.8 Å². The number of aromatic carboxylic acids is 1. The van der Waals surface area contributed by atoms with Gasteiger partial charge in [-0.05, 0) is 31.5 Å². The molecule has 1 aromatic rings. The summed E-state index contributed by atoms with van der Waals surface area (Å²) in [7, 11) is 0. The first-order valence-corrected chi connectivity index (χ1v) is 5.46. The topological polar surface area (TPSA) is 66.4 Å². The number of nitrogens with one attached hydrogen (secondary N) is 1. The minimum Gasteiger partial charge on any atom is -0.478 e. The number of anilines is 1. The third-order valence-electron chi connectivity index (χ3n) is 2.33. The Morgan fingerprint density at radius 3 is 2.61 bits per heavy atom. The van der Waals surface area contributed by atoms with Crippen LogP contribution in [0.1, 0.15) is 30.6 Å². The maximum Gasteiger partial charge on any atom is 0.338 e. The van der Waals surface area contributed by atoms with E-state index in [1.807, 2.05) is 6.92 Å². The van der Waals surface area contributed by atoms with Crippen molar-refractivity contribution < 1.29 is 19.1 Å². The van der Waals surface area contributed by atoms with Crippen molar-refractivity contribution in [2.45, 2.75) is 20.3 Å². The smallest absolute Gasteiger partial charge is 0.338 e. The Bertz CT molecular complexity index is 509. The minimum atomic E-state index is -1.34. The molecule has 0 unspecified atom stereocenters. The molecule has 2 N–H and O–H groups in total. The van der Waals surface area contributed by atoms with Crippen molar-refractivity contribution in [3.63, 3.8) is 0 Å². The number of benzene rings is 1. The molecule has 0 saturated heterocycles. The summed E-state index contributed by atoms with van der Waals surface area (Å²) >= 11 is 0. The van der Waals surface area contributed by atoms with Crippen LogP contribution < -0.4 is 5.32 Å². The molecule has 0 aliphatic carbocycles. The second-order valence-corrected chi connectivity index (χ2v) is 3.75. The molecule has 0 fully saturated rings. The molecule has 0 saturated carbocycles. The van der Waals surface area contributed by atoms with Gasteiger partial charge in [0.25, 0.3) is 5.91 Å². The molecule has 1 rings (SSSR count). The Hall–Kier alpha value is -2.17. The minimum absolute atomic E-state index is 0.228. The molecule has 1 aromatic carbocycles. The van der Waals surface area contributed by atoms with E-state index in [0.717, 1.165) is 18.6 Å². The predicted octanol–water partition coefficient (Wildman–Crippen LogP) is 2.82. The van der Waals surface area contributed by atoms with Crippen molar-refractivity contribution in [3.05, 3.63) is 41.2 Å². The van der Waals surface area contributed by atoms with Crippen molar-refractivity contribution in [1.82, 2.24) is 0 Å². The van der Waals surface area contributed by atoms with Crippen LogP contribution in [0.4, 0.5) is 10.1 Å². The van der Waals surface area contributed by atoms with Crippen LogP contribution in [-0.4, -0.2) is 17.0 Å². The first-order chi connectivity index (χ1) is 8.45. The Morgan fingerprint density at radius 2 is 2.11 bits per heavy atom. The zero-order valence-corrected chi connectivity index (χ0v) is 10.2. The van der Waals surface area contributed by atoms with Gasteiger partial charge in [-0.25, -0.2) is 9.18 Å². The van der Waals surface area contributed by atoms with Crippen LogP contribution in [0.25, 0.3) is 0 Å². The quantitative estimate of drug-likeness (QED) is 0.808. The Morgan fingerprint density at radius 1 is 1.44 bits per heavy atom. The van der Waals surface area contributed by atoms with Crippen LogP contribution in [-0.2, 0) is 4.79 Å². The maximum absolute atomic E-state index is 13.4. The average molecular weight is 251 g/mol. The van der Waals surface area contributed by atoms with Crippen LogP contribution in [0.3, 0.4) is 0 Å². The molecule has 5 heteroatoms. The van der Waals surface area contributed by atoms with Crippen molar-refractivity contribution in [2.75, 3.05) is 5.32 Å². The van der Waals surface area contributed by atoms with Gasteiger partial charge in [0.05, 0.1) is 5.56 Å². The Kier molecular flexibility index (Phi) is 4.59. The van der Waals surface area contributed by atoms with E-state index in [4.69, 9.17) is 5.11 Å². The Labute approximate surface area is 104 Å². The Balaban J connectivity index is 2.87. The molecule has 4 nitrogen and oxygen atoms in total. The normalized spacial score (nSPS) is 11.2. The van der Waals surface area contributed by atoms with Gasteiger partial charge in [-0.3, -0.25) is 4.79 Å². The number of hydrogen-bond donors (Lipinski definition) is 2. The second kappa shape index (κ2) is 5.95. The lowest BCUT2D eigenvalue weighted by atomic mass is 10.2. The van der Waals surface area contributed by atoms with Gasteiger partial charge in [0.15, 0.2) is 0 Å². The van der Waals surface area contributed by atoms with Crippen LogP contribution in [0, 0.1) is 5.82 Å². The lowest BCUT2D eigenvalue weighted by Gasteiger charge is -2.06. The van der Waals surface area contributed by atoms with Crippen LogP contribution >= 0.6 is 0 Å². The van der Waals surface area contributed by atoms with Crippen LogP contribution in [0.5, 0.6) is 0 Å². The molecule has 0 heterocycles. The van der Waals surface area contributed by atoms with Gasteiger partial charge >= 0.3 is 5.97 Å². The number of carboxylic acids is 1. The number of halogens is 1. The van der Waals surface area contributed by atoms with Gasteiger partial charge in [0.1, 0.15) is 5.82 Å². The lowest BCUT2D eigenvalue weighted by Crippen LogP contribution is -2.13. The number of carbonyl (C=O) groups is 2.